The Morgan fingerprint density at radius 1 is 0.529 bits per heavy atom. The fourth-order valence-corrected chi connectivity index (χ4v) is 9.06. The number of hydrogen-bond donors (Lipinski definition) is 0. The van der Waals surface area contributed by atoms with Gasteiger partial charge in [0.05, 0.1) is 17.0 Å². The van der Waals surface area contributed by atoms with Crippen molar-refractivity contribution < 1.29 is 0 Å². The maximum absolute atomic E-state index is 3.90. The van der Waals surface area contributed by atoms with Gasteiger partial charge in [0.15, 0.2) is 0 Å². The number of rotatable bonds is 12. The number of aryl methyl sites for hydroxylation is 2. The Balaban J connectivity index is 1.55. The molecule has 0 N–H and O–H groups in total. The molecule has 0 fully saturated rings. The van der Waals surface area contributed by atoms with Gasteiger partial charge in [-0.05, 0) is 79.8 Å². The number of thiophene rings is 2. The van der Waals surface area contributed by atoms with Crippen molar-refractivity contribution in [2.75, 3.05) is 0 Å². The predicted molar refractivity (Wildman–Crippen MR) is 162 cm³/mol. The van der Waals surface area contributed by atoms with E-state index in [1.807, 2.05) is 22.7 Å². The Hall–Kier alpha value is -0.940. The number of fused-ring (bicyclic) bond motifs is 1. The third kappa shape index (κ3) is 6.24. The standard InChI is InChI=1S/C30H34Br2S2/c1-3-5-7-9-11-21-13-17-23(18-14-21)25-27-28(34-29(25)31)26(30(32)33-27)24-19-15-22(16-20-24)12-10-8-6-4-2/h13-20H,3-12H2,1-2H3. The highest BCUT2D eigenvalue weighted by Gasteiger charge is 2.21. The van der Waals surface area contributed by atoms with Crippen LogP contribution in [0.5, 0.6) is 0 Å². The van der Waals surface area contributed by atoms with E-state index in [0.717, 1.165) is 0 Å². The highest BCUT2D eigenvalue weighted by atomic mass is 79.9. The van der Waals surface area contributed by atoms with Crippen LogP contribution in [-0.2, 0) is 12.8 Å². The average molecular weight is 619 g/mol. The molecule has 180 valence electrons. The smallest absolute Gasteiger partial charge is 0.0798 e. The molecule has 0 bridgehead atoms. The summed E-state index contributed by atoms with van der Waals surface area (Å²) < 4.78 is 5.20. The molecule has 34 heavy (non-hydrogen) atoms. The molecule has 2 heterocycles. The van der Waals surface area contributed by atoms with Crippen molar-refractivity contribution in [2.45, 2.75) is 78.1 Å². The molecular formula is C30H34Br2S2. The highest BCUT2D eigenvalue weighted by Crippen LogP contribution is 2.52. The first kappa shape index (κ1) is 26.1. The third-order valence-electron chi connectivity index (χ3n) is 6.56. The van der Waals surface area contributed by atoms with Gasteiger partial charge in [0.2, 0.25) is 0 Å². The Bertz CT molecular complexity index is 1090. The molecule has 0 atom stereocenters. The maximum Gasteiger partial charge on any atom is 0.0798 e. The zero-order valence-electron chi connectivity index (χ0n) is 20.3. The van der Waals surface area contributed by atoms with Gasteiger partial charge in [0.25, 0.3) is 0 Å². The second kappa shape index (κ2) is 12.9. The number of unbranched alkanes of at least 4 members (excludes halogenated alkanes) is 6. The van der Waals surface area contributed by atoms with Crippen molar-refractivity contribution in [2.24, 2.45) is 0 Å². The van der Waals surface area contributed by atoms with E-state index in [2.05, 4.69) is 94.2 Å². The first-order valence-corrected chi connectivity index (χ1v) is 15.9. The summed E-state index contributed by atoms with van der Waals surface area (Å²) in [4.78, 5) is 0. The molecule has 0 nitrogen and oxygen atoms in total. The van der Waals surface area contributed by atoms with E-state index in [4.69, 9.17) is 0 Å². The molecule has 0 aliphatic rings. The number of hydrogen-bond acceptors (Lipinski definition) is 2. The van der Waals surface area contributed by atoms with Crippen molar-refractivity contribution in [3.63, 3.8) is 0 Å². The summed E-state index contributed by atoms with van der Waals surface area (Å²) in [7, 11) is 0. The lowest BCUT2D eigenvalue weighted by atomic mass is 10.0. The quantitative estimate of drug-likeness (QED) is 0.139. The first-order chi connectivity index (χ1) is 16.6. The first-order valence-electron chi connectivity index (χ1n) is 12.7. The minimum atomic E-state index is 1.18. The normalized spacial score (nSPS) is 11.5. The number of benzene rings is 2. The molecule has 0 amide bonds. The summed E-state index contributed by atoms with van der Waals surface area (Å²) in [6, 6.07) is 18.5. The second-order valence-corrected chi connectivity index (χ2v) is 13.9. The lowest BCUT2D eigenvalue weighted by Crippen LogP contribution is -1.86. The van der Waals surface area contributed by atoms with E-state index in [-0.39, 0.29) is 0 Å². The molecule has 0 unspecified atom stereocenters. The van der Waals surface area contributed by atoms with E-state index < -0.39 is 0 Å². The lowest BCUT2D eigenvalue weighted by molar-refractivity contribution is 0.667. The summed E-state index contributed by atoms with van der Waals surface area (Å²) in [5.74, 6) is 0. The summed E-state index contributed by atoms with van der Waals surface area (Å²) in [5.41, 5.74) is 8.18. The molecule has 2 aromatic heterocycles. The van der Waals surface area contributed by atoms with Crippen LogP contribution in [0.4, 0.5) is 0 Å². The zero-order valence-corrected chi connectivity index (χ0v) is 25.1. The SMILES string of the molecule is CCCCCCc1ccc(-c2c(Br)sc3c(-c4ccc(CCCCCC)cc4)c(Br)sc23)cc1. The Morgan fingerprint density at radius 2 is 0.912 bits per heavy atom. The zero-order chi connectivity index (χ0) is 23.9. The van der Waals surface area contributed by atoms with Gasteiger partial charge < -0.3 is 0 Å². The maximum atomic E-state index is 3.90. The van der Waals surface area contributed by atoms with E-state index in [1.165, 1.54) is 115 Å². The minimum Gasteiger partial charge on any atom is -0.126 e. The topological polar surface area (TPSA) is 0 Å². The van der Waals surface area contributed by atoms with Crippen LogP contribution in [0.3, 0.4) is 0 Å². The fourth-order valence-electron chi connectivity index (χ4n) is 4.56. The van der Waals surface area contributed by atoms with Gasteiger partial charge in [0, 0.05) is 11.1 Å². The van der Waals surface area contributed by atoms with Crippen LogP contribution in [-0.4, -0.2) is 0 Å². The Kier molecular flexibility index (Phi) is 9.88. The molecule has 0 saturated carbocycles. The van der Waals surface area contributed by atoms with Gasteiger partial charge in [0.1, 0.15) is 0 Å². The summed E-state index contributed by atoms with van der Waals surface area (Å²) in [6.45, 7) is 4.54. The van der Waals surface area contributed by atoms with Crippen molar-refractivity contribution in [1.29, 1.82) is 0 Å². The summed E-state index contributed by atoms with van der Waals surface area (Å²) in [6.07, 6.45) is 12.9. The summed E-state index contributed by atoms with van der Waals surface area (Å²) >= 11 is 11.5. The molecule has 4 rings (SSSR count). The molecule has 4 aromatic rings. The van der Waals surface area contributed by atoms with Crippen LogP contribution in [0.15, 0.2) is 56.1 Å². The molecule has 0 radical (unpaired) electrons. The van der Waals surface area contributed by atoms with Gasteiger partial charge in [-0.15, -0.1) is 22.7 Å². The fraction of sp³-hybridized carbons (Fsp3) is 0.400. The van der Waals surface area contributed by atoms with Gasteiger partial charge in [-0.2, -0.15) is 0 Å². The average Bonchev–Trinajstić information content (AvgIpc) is 3.32. The largest absolute Gasteiger partial charge is 0.126 e. The van der Waals surface area contributed by atoms with E-state index >= 15 is 0 Å². The second-order valence-electron chi connectivity index (χ2n) is 9.17. The molecule has 0 spiro atoms. The highest BCUT2D eigenvalue weighted by molar-refractivity contribution is 9.11. The predicted octanol–water partition coefficient (Wildman–Crippen LogP) is 12.1. The van der Waals surface area contributed by atoms with Gasteiger partial charge in [-0.1, -0.05) is 101 Å². The molecule has 4 heteroatoms. The Morgan fingerprint density at radius 3 is 1.26 bits per heavy atom. The van der Waals surface area contributed by atoms with Crippen LogP contribution in [0.2, 0.25) is 0 Å². The van der Waals surface area contributed by atoms with Gasteiger partial charge in [-0.25, -0.2) is 0 Å². The van der Waals surface area contributed by atoms with Crippen LogP contribution in [0, 0.1) is 0 Å². The van der Waals surface area contributed by atoms with Crippen LogP contribution in [0.25, 0.3) is 31.7 Å². The molecule has 0 saturated heterocycles. The molecule has 0 aliphatic carbocycles. The van der Waals surface area contributed by atoms with Crippen molar-refractivity contribution in [1.82, 2.24) is 0 Å². The molecule has 2 aromatic carbocycles. The van der Waals surface area contributed by atoms with Gasteiger partial charge in [-0.3, -0.25) is 0 Å². The van der Waals surface area contributed by atoms with Gasteiger partial charge >= 0.3 is 0 Å². The van der Waals surface area contributed by atoms with Crippen molar-refractivity contribution >= 4 is 63.9 Å². The third-order valence-corrected chi connectivity index (χ3v) is 10.4. The Labute approximate surface area is 230 Å². The molecule has 0 aliphatic heterocycles. The van der Waals surface area contributed by atoms with E-state index in [1.54, 1.807) is 0 Å². The van der Waals surface area contributed by atoms with Crippen LogP contribution in [0.1, 0.15) is 76.3 Å². The van der Waals surface area contributed by atoms with E-state index in [9.17, 15) is 0 Å². The van der Waals surface area contributed by atoms with Crippen molar-refractivity contribution in [3.8, 4) is 22.3 Å². The summed E-state index contributed by atoms with van der Waals surface area (Å²) in [5, 5.41) is 0. The lowest BCUT2D eigenvalue weighted by Gasteiger charge is -2.04. The van der Waals surface area contributed by atoms with Crippen molar-refractivity contribution in [3.05, 3.63) is 67.2 Å². The monoisotopic (exact) mass is 616 g/mol. The van der Waals surface area contributed by atoms with Crippen LogP contribution < -0.4 is 0 Å². The number of halogens is 2. The van der Waals surface area contributed by atoms with Crippen LogP contribution >= 0.6 is 54.5 Å². The molecular weight excluding hydrogens is 584 g/mol. The minimum absolute atomic E-state index is 1.18. The van der Waals surface area contributed by atoms with E-state index in [0.29, 0.717) is 0 Å².